The van der Waals surface area contributed by atoms with Crippen LogP contribution in [0.1, 0.15) is 16.1 Å². The molecule has 76 valence electrons. The number of pyridine rings is 1. The molecule has 0 amide bonds. The molecule has 1 aromatic heterocycles. The third-order valence-electron chi connectivity index (χ3n) is 1.80. The Labute approximate surface area is 80.8 Å². The highest BCUT2D eigenvalue weighted by Crippen LogP contribution is 1.98. The van der Waals surface area contributed by atoms with E-state index in [-0.39, 0.29) is 11.0 Å². The molecule has 0 saturated heterocycles. The van der Waals surface area contributed by atoms with E-state index < -0.39 is 5.97 Å². The maximum Gasteiger partial charge on any atom is 0.343 e. The molecule has 0 aromatic carbocycles. The van der Waals surface area contributed by atoms with Crippen molar-refractivity contribution in [3.8, 4) is 0 Å². The summed E-state index contributed by atoms with van der Waals surface area (Å²) in [5.74, 6) is -0.666. The zero-order valence-corrected chi connectivity index (χ0v) is 8.23. The van der Waals surface area contributed by atoms with Gasteiger partial charge < -0.3 is 9.57 Å². The van der Waals surface area contributed by atoms with E-state index in [1.807, 2.05) is 0 Å². The summed E-state index contributed by atoms with van der Waals surface area (Å²) in [6.07, 6.45) is 1.31. The van der Waals surface area contributed by atoms with E-state index in [0.29, 0.717) is 5.69 Å². The number of hydrogen-bond acceptors (Lipinski definition) is 4. The summed E-state index contributed by atoms with van der Waals surface area (Å²) in [6, 6.07) is 1.32. The first-order valence-corrected chi connectivity index (χ1v) is 3.96. The SMILES string of the molecule is COC(=O)c1cn(OC)c(C)cc1=O. The number of aromatic nitrogens is 1. The van der Waals surface area contributed by atoms with Crippen LogP contribution in [0.25, 0.3) is 0 Å². The number of methoxy groups -OCH3 is 1. The van der Waals surface area contributed by atoms with Crippen molar-refractivity contribution in [1.29, 1.82) is 0 Å². The van der Waals surface area contributed by atoms with Gasteiger partial charge in [0.25, 0.3) is 0 Å². The third kappa shape index (κ3) is 1.76. The summed E-state index contributed by atoms with van der Waals surface area (Å²) in [4.78, 5) is 27.4. The lowest BCUT2D eigenvalue weighted by atomic mass is 10.2. The molecular formula is C9H11NO4. The van der Waals surface area contributed by atoms with E-state index in [2.05, 4.69) is 4.74 Å². The van der Waals surface area contributed by atoms with Gasteiger partial charge in [-0.15, -0.1) is 0 Å². The quantitative estimate of drug-likeness (QED) is 0.626. The molecule has 0 spiro atoms. The number of carbonyl (C=O) groups excluding carboxylic acids is 1. The molecular weight excluding hydrogens is 186 g/mol. The minimum Gasteiger partial charge on any atom is -0.465 e. The van der Waals surface area contributed by atoms with Gasteiger partial charge in [-0.1, -0.05) is 0 Å². The first-order chi connectivity index (χ1) is 6.60. The van der Waals surface area contributed by atoms with Crippen molar-refractivity contribution in [2.75, 3.05) is 14.2 Å². The zero-order chi connectivity index (χ0) is 10.7. The summed E-state index contributed by atoms with van der Waals surface area (Å²) in [7, 11) is 2.66. The summed E-state index contributed by atoms with van der Waals surface area (Å²) < 4.78 is 5.78. The highest BCUT2D eigenvalue weighted by molar-refractivity contribution is 5.88. The number of ether oxygens (including phenoxy) is 1. The number of hydrogen-bond donors (Lipinski definition) is 0. The van der Waals surface area contributed by atoms with Gasteiger partial charge in [0.1, 0.15) is 12.7 Å². The molecule has 14 heavy (non-hydrogen) atoms. The Balaban J connectivity index is 3.31. The van der Waals surface area contributed by atoms with Gasteiger partial charge in [0.15, 0.2) is 5.43 Å². The van der Waals surface area contributed by atoms with Crippen LogP contribution in [-0.2, 0) is 4.74 Å². The van der Waals surface area contributed by atoms with Crippen LogP contribution in [0.5, 0.6) is 0 Å². The van der Waals surface area contributed by atoms with Crippen LogP contribution < -0.4 is 10.3 Å². The van der Waals surface area contributed by atoms with Crippen LogP contribution in [0, 0.1) is 6.92 Å². The Hall–Kier alpha value is -1.78. The largest absolute Gasteiger partial charge is 0.465 e. The molecule has 0 atom stereocenters. The molecule has 1 rings (SSSR count). The third-order valence-corrected chi connectivity index (χ3v) is 1.80. The number of aryl methyl sites for hydroxylation is 1. The average Bonchev–Trinajstić information content (AvgIpc) is 2.17. The number of esters is 1. The van der Waals surface area contributed by atoms with Crippen molar-refractivity contribution in [2.45, 2.75) is 6.92 Å². The van der Waals surface area contributed by atoms with Crippen LogP contribution >= 0.6 is 0 Å². The summed E-state index contributed by atoms with van der Waals surface area (Å²) in [5.41, 5.74) is 0.202. The molecule has 0 unspecified atom stereocenters. The topological polar surface area (TPSA) is 57.5 Å². The van der Waals surface area contributed by atoms with E-state index in [9.17, 15) is 9.59 Å². The van der Waals surface area contributed by atoms with E-state index >= 15 is 0 Å². The molecule has 0 N–H and O–H groups in total. The number of carbonyl (C=O) groups is 1. The molecule has 0 bridgehead atoms. The van der Waals surface area contributed by atoms with Crippen molar-refractivity contribution in [1.82, 2.24) is 4.73 Å². The first-order valence-electron chi connectivity index (χ1n) is 3.96. The fraction of sp³-hybridized carbons (Fsp3) is 0.333. The maximum absolute atomic E-state index is 11.3. The second-order valence-electron chi connectivity index (χ2n) is 2.69. The van der Waals surface area contributed by atoms with Gasteiger partial charge in [0, 0.05) is 6.07 Å². The van der Waals surface area contributed by atoms with Gasteiger partial charge in [0.2, 0.25) is 0 Å². The Morgan fingerprint density at radius 2 is 2.07 bits per heavy atom. The molecule has 5 heteroatoms. The van der Waals surface area contributed by atoms with Gasteiger partial charge in [-0.2, -0.15) is 4.73 Å². The monoisotopic (exact) mass is 197 g/mol. The second-order valence-corrected chi connectivity index (χ2v) is 2.69. The Morgan fingerprint density at radius 1 is 1.43 bits per heavy atom. The van der Waals surface area contributed by atoms with E-state index in [1.54, 1.807) is 6.92 Å². The van der Waals surface area contributed by atoms with Crippen LogP contribution in [0.3, 0.4) is 0 Å². The molecule has 0 aliphatic heterocycles. The molecule has 0 aliphatic rings. The summed E-state index contributed by atoms with van der Waals surface area (Å²) in [6.45, 7) is 1.70. The van der Waals surface area contributed by atoms with Crippen molar-refractivity contribution < 1.29 is 14.4 Å². The maximum atomic E-state index is 11.3. The summed E-state index contributed by atoms with van der Waals surface area (Å²) >= 11 is 0. The van der Waals surface area contributed by atoms with Crippen LogP contribution in [0.15, 0.2) is 17.1 Å². The minimum atomic E-state index is -0.666. The predicted octanol–water partition coefficient (Wildman–Crippen LogP) is 0.00172. The normalized spacial score (nSPS) is 9.64. The molecule has 0 fully saturated rings. The van der Waals surface area contributed by atoms with Gasteiger partial charge in [0.05, 0.1) is 19.0 Å². The van der Waals surface area contributed by atoms with E-state index in [4.69, 9.17) is 4.84 Å². The fourth-order valence-corrected chi connectivity index (χ4v) is 1.07. The predicted molar refractivity (Wildman–Crippen MR) is 49.3 cm³/mol. The molecule has 1 heterocycles. The van der Waals surface area contributed by atoms with Gasteiger partial charge >= 0.3 is 5.97 Å². The van der Waals surface area contributed by atoms with Crippen LogP contribution in [0.4, 0.5) is 0 Å². The Kier molecular flexibility index (Phi) is 2.91. The highest BCUT2D eigenvalue weighted by atomic mass is 16.6. The molecule has 1 aromatic rings. The van der Waals surface area contributed by atoms with Crippen molar-refractivity contribution in [2.24, 2.45) is 0 Å². The minimum absolute atomic E-state index is 0.0417. The lowest BCUT2D eigenvalue weighted by Crippen LogP contribution is -2.22. The zero-order valence-electron chi connectivity index (χ0n) is 8.23. The van der Waals surface area contributed by atoms with E-state index in [0.717, 1.165) is 0 Å². The van der Waals surface area contributed by atoms with Crippen molar-refractivity contribution >= 4 is 5.97 Å². The van der Waals surface area contributed by atoms with E-state index in [1.165, 1.54) is 31.2 Å². The second kappa shape index (κ2) is 3.95. The molecule has 0 saturated carbocycles. The standard InChI is InChI=1S/C9H11NO4/c1-6-4-8(11)7(9(12)13-2)5-10(6)14-3/h4-5H,1-3H3. The van der Waals surface area contributed by atoms with Crippen molar-refractivity contribution in [3.63, 3.8) is 0 Å². The molecule has 0 radical (unpaired) electrons. The number of rotatable bonds is 2. The van der Waals surface area contributed by atoms with Crippen LogP contribution in [-0.4, -0.2) is 24.9 Å². The van der Waals surface area contributed by atoms with Crippen molar-refractivity contribution in [3.05, 3.63) is 33.7 Å². The smallest absolute Gasteiger partial charge is 0.343 e. The Bertz CT molecular complexity index is 408. The van der Waals surface area contributed by atoms with Gasteiger partial charge in [-0.05, 0) is 6.92 Å². The lowest BCUT2D eigenvalue weighted by molar-refractivity contribution is 0.0593. The van der Waals surface area contributed by atoms with Gasteiger partial charge in [-0.25, -0.2) is 4.79 Å². The summed E-state index contributed by atoms with van der Waals surface area (Å²) in [5, 5.41) is 0. The first kappa shape index (κ1) is 10.3. The fourth-order valence-electron chi connectivity index (χ4n) is 1.07. The Morgan fingerprint density at radius 3 is 2.57 bits per heavy atom. The van der Waals surface area contributed by atoms with Crippen LogP contribution in [0.2, 0.25) is 0 Å². The number of nitrogens with zero attached hydrogens (tertiary/aromatic N) is 1. The molecule has 0 aliphatic carbocycles. The molecule has 5 nitrogen and oxygen atoms in total. The average molecular weight is 197 g/mol. The van der Waals surface area contributed by atoms with Gasteiger partial charge in [-0.3, -0.25) is 4.79 Å². The lowest BCUT2D eigenvalue weighted by Gasteiger charge is -2.08. The highest BCUT2D eigenvalue weighted by Gasteiger charge is 2.12.